The molecule has 3 atom stereocenters. The molecular formula is C18H21FN4O2. The molecule has 7 heteroatoms. The Balaban J connectivity index is 1.38. The van der Waals surface area contributed by atoms with Gasteiger partial charge in [0.2, 0.25) is 11.7 Å². The van der Waals surface area contributed by atoms with E-state index in [2.05, 4.69) is 29.3 Å². The van der Waals surface area contributed by atoms with Crippen LogP contribution < -0.4 is 5.32 Å². The number of likely N-dealkylation sites (tertiary alicyclic amines) is 1. The maximum atomic E-state index is 13.0. The molecule has 2 aliphatic rings. The van der Waals surface area contributed by atoms with Crippen LogP contribution in [-0.2, 0) is 0 Å². The van der Waals surface area contributed by atoms with Gasteiger partial charge in [0.15, 0.2) is 0 Å². The number of fused-ring (bicyclic) bond motifs is 1. The van der Waals surface area contributed by atoms with Crippen LogP contribution in [0.15, 0.2) is 28.8 Å². The molecule has 132 valence electrons. The summed E-state index contributed by atoms with van der Waals surface area (Å²) in [7, 11) is 0. The molecule has 2 amide bonds. The Kier molecular flexibility index (Phi) is 3.56. The molecule has 0 radical (unpaired) electrons. The van der Waals surface area contributed by atoms with Crippen molar-refractivity contribution in [2.24, 2.45) is 17.3 Å². The predicted molar refractivity (Wildman–Crippen MR) is 89.0 cm³/mol. The van der Waals surface area contributed by atoms with E-state index in [1.54, 1.807) is 19.1 Å². The zero-order valence-corrected chi connectivity index (χ0v) is 14.5. The van der Waals surface area contributed by atoms with Gasteiger partial charge in [0.1, 0.15) is 11.9 Å². The molecule has 1 N–H and O–H groups in total. The monoisotopic (exact) mass is 344 g/mol. The number of benzene rings is 1. The summed E-state index contributed by atoms with van der Waals surface area (Å²) < 4.78 is 18.2. The van der Waals surface area contributed by atoms with E-state index in [-0.39, 0.29) is 17.9 Å². The van der Waals surface area contributed by atoms with Gasteiger partial charge in [-0.05, 0) is 48.4 Å². The van der Waals surface area contributed by atoms with E-state index in [4.69, 9.17) is 4.52 Å². The normalized spacial score (nSPS) is 24.7. The van der Waals surface area contributed by atoms with Gasteiger partial charge < -0.3 is 14.7 Å². The smallest absolute Gasteiger partial charge is 0.318 e. The Bertz CT molecular complexity index is 788. The minimum atomic E-state index is -0.390. The summed E-state index contributed by atoms with van der Waals surface area (Å²) in [5.41, 5.74) is 1.04. The van der Waals surface area contributed by atoms with Crippen molar-refractivity contribution < 1.29 is 13.7 Å². The summed E-state index contributed by atoms with van der Waals surface area (Å²) in [6, 6.07) is 5.38. The molecule has 1 aromatic carbocycles. The molecule has 0 spiro atoms. The van der Waals surface area contributed by atoms with Gasteiger partial charge in [-0.15, -0.1) is 0 Å². The molecule has 1 aliphatic heterocycles. The van der Waals surface area contributed by atoms with E-state index in [1.807, 2.05) is 4.90 Å². The minimum Gasteiger partial charge on any atom is -0.337 e. The molecule has 1 saturated heterocycles. The van der Waals surface area contributed by atoms with Crippen LogP contribution in [0, 0.1) is 23.1 Å². The second kappa shape index (κ2) is 5.54. The molecule has 25 heavy (non-hydrogen) atoms. The number of rotatable bonds is 3. The summed E-state index contributed by atoms with van der Waals surface area (Å²) >= 11 is 0. The Morgan fingerprint density at radius 1 is 1.32 bits per heavy atom. The molecule has 0 bridgehead atoms. The third-order valence-corrected chi connectivity index (χ3v) is 5.66. The molecule has 4 rings (SSSR count). The van der Waals surface area contributed by atoms with Crippen molar-refractivity contribution in [3.63, 3.8) is 0 Å². The summed E-state index contributed by atoms with van der Waals surface area (Å²) in [5.74, 6) is 1.61. The molecule has 2 heterocycles. The molecular weight excluding hydrogens is 323 g/mol. The van der Waals surface area contributed by atoms with Crippen LogP contribution in [0.5, 0.6) is 0 Å². The fourth-order valence-corrected chi connectivity index (χ4v) is 3.76. The number of amides is 2. The van der Waals surface area contributed by atoms with Crippen molar-refractivity contribution in [1.29, 1.82) is 0 Å². The lowest BCUT2D eigenvalue weighted by molar-refractivity contribution is 0.190. The molecule has 1 aliphatic carbocycles. The highest BCUT2D eigenvalue weighted by atomic mass is 19.1. The van der Waals surface area contributed by atoms with Crippen LogP contribution in [0.25, 0.3) is 11.4 Å². The standard InChI is InChI=1S/C18H21FN4O2/c1-10(20-17(24)23-8-13-14(9-23)18(13,2)3)16-21-15(22-25-16)11-4-6-12(19)7-5-11/h4-7,10,13-14H,8-9H2,1-3H3,(H,20,24)/t10-,13+,14+/m0/s1. The average Bonchev–Trinajstić information content (AvgIpc) is 3.07. The summed E-state index contributed by atoms with van der Waals surface area (Å²) in [6.07, 6.45) is 0. The maximum Gasteiger partial charge on any atom is 0.318 e. The highest BCUT2D eigenvalue weighted by Crippen LogP contribution is 2.61. The Morgan fingerprint density at radius 3 is 2.60 bits per heavy atom. The number of urea groups is 1. The lowest BCUT2D eigenvalue weighted by Crippen LogP contribution is -2.41. The van der Waals surface area contributed by atoms with E-state index >= 15 is 0 Å². The van der Waals surface area contributed by atoms with Gasteiger partial charge in [-0.1, -0.05) is 19.0 Å². The number of aromatic nitrogens is 2. The quantitative estimate of drug-likeness (QED) is 0.928. The van der Waals surface area contributed by atoms with Gasteiger partial charge >= 0.3 is 6.03 Å². The van der Waals surface area contributed by atoms with Gasteiger partial charge in [0.25, 0.3) is 0 Å². The Morgan fingerprint density at radius 2 is 1.96 bits per heavy atom. The first-order chi connectivity index (χ1) is 11.9. The molecule has 2 aromatic rings. The SMILES string of the molecule is C[C@H](NC(=O)N1C[C@@H]2[C@@H](C1)C2(C)C)c1nc(-c2ccc(F)cc2)no1. The van der Waals surface area contributed by atoms with Crippen molar-refractivity contribution in [2.75, 3.05) is 13.1 Å². The van der Waals surface area contributed by atoms with Crippen LogP contribution >= 0.6 is 0 Å². The summed E-state index contributed by atoms with van der Waals surface area (Å²) in [4.78, 5) is 18.6. The van der Waals surface area contributed by atoms with E-state index in [0.717, 1.165) is 13.1 Å². The van der Waals surface area contributed by atoms with Crippen LogP contribution in [-0.4, -0.2) is 34.2 Å². The summed E-state index contributed by atoms with van der Waals surface area (Å²) in [5, 5.41) is 6.82. The second-order valence-electron chi connectivity index (χ2n) is 7.57. The first-order valence-electron chi connectivity index (χ1n) is 8.51. The Labute approximate surface area is 145 Å². The van der Waals surface area contributed by atoms with Crippen molar-refractivity contribution in [2.45, 2.75) is 26.8 Å². The number of carbonyl (C=O) groups excluding carboxylic acids is 1. The molecule has 0 unspecified atom stereocenters. The van der Waals surface area contributed by atoms with Gasteiger partial charge in [-0.2, -0.15) is 4.98 Å². The van der Waals surface area contributed by atoms with Crippen LogP contribution in [0.3, 0.4) is 0 Å². The lowest BCUT2D eigenvalue weighted by Gasteiger charge is -2.23. The lowest BCUT2D eigenvalue weighted by atomic mass is 10.1. The number of hydrogen-bond donors (Lipinski definition) is 1. The van der Waals surface area contributed by atoms with E-state index in [1.165, 1.54) is 12.1 Å². The number of piperidine rings is 1. The molecule has 1 saturated carbocycles. The third-order valence-electron chi connectivity index (χ3n) is 5.66. The molecule has 6 nitrogen and oxygen atoms in total. The zero-order valence-electron chi connectivity index (χ0n) is 14.5. The van der Waals surface area contributed by atoms with E-state index in [9.17, 15) is 9.18 Å². The Hall–Kier alpha value is -2.44. The topological polar surface area (TPSA) is 71.3 Å². The van der Waals surface area contributed by atoms with Crippen LogP contribution in [0.2, 0.25) is 0 Å². The highest BCUT2D eigenvalue weighted by molar-refractivity contribution is 5.75. The zero-order chi connectivity index (χ0) is 17.8. The predicted octanol–water partition coefficient (Wildman–Crippen LogP) is 3.23. The fourth-order valence-electron chi connectivity index (χ4n) is 3.76. The van der Waals surface area contributed by atoms with Gasteiger partial charge in [-0.25, -0.2) is 9.18 Å². The first-order valence-corrected chi connectivity index (χ1v) is 8.51. The molecule has 1 aromatic heterocycles. The van der Waals surface area contributed by atoms with E-state index in [0.29, 0.717) is 34.5 Å². The number of hydrogen-bond acceptors (Lipinski definition) is 4. The second-order valence-corrected chi connectivity index (χ2v) is 7.57. The minimum absolute atomic E-state index is 0.1000. The third kappa shape index (κ3) is 2.77. The first kappa shape index (κ1) is 16.1. The van der Waals surface area contributed by atoms with Crippen molar-refractivity contribution >= 4 is 6.03 Å². The van der Waals surface area contributed by atoms with E-state index < -0.39 is 0 Å². The van der Waals surface area contributed by atoms with Crippen molar-refractivity contribution in [1.82, 2.24) is 20.4 Å². The van der Waals surface area contributed by atoms with Crippen molar-refractivity contribution in [3.05, 3.63) is 36.0 Å². The van der Waals surface area contributed by atoms with Crippen LogP contribution in [0.4, 0.5) is 9.18 Å². The van der Waals surface area contributed by atoms with Gasteiger partial charge in [-0.3, -0.25) is 0 Å². The number of halogens is 1. The largest absolute Gasteiger partial charge is 0.337 e. The summed E-state index contributed by atoms with van der Waals surface area (Å²) in [6.45, 7) is 7.94. The number of nitrogens with zero attached hydrogens (tertiary/aromatic N) is 3. The highest BCUT2D eigenvalue weighted by Gasteiger charge is 2.62. The fraction of sp³-hybridized carbons (Fsp3) is 0.500. The number of nitrogens with one attached hydrogen (secondary N) is 1. The van der Waals surface area contributed by atoms with Gasteiger partial charge in [0.05, 0.1) is 0 Å². The van der Waals surface area contributed by atoms with Crippen LogP contribution in [0.1, 0.15) is 32.7 Å². The number of carbonyl (C=O) groups is 1. The van der Waals surface area contributed by atoms with Gasteiger partial charge in [0, 0.05) is 18.7 Å². The van der Waals surface area contributed by atoms with Crippen molar-refractivity contribution in [3.8, 4) is 11.4 Å². The maximum absolute atomic E-state index is 13.0. The average molecular weight is 344 g/mol. The molecule has 2 fully saturated rings.